The van der Waals surface area contributed by atoms with E-state index in [1.54, 1.807) is 25.3 Å². The van der Waals surface area contributed by atoms with E-state index in [4.69, 9.17) is 4.74 Å². The standard InChI is InChI=1S/C23H24FN5O2S/c1-31-20-9-7-19(8-10-20)28-12-14-29(15-13-28)22(30)16-32-23-25-21(26-27-23)11-4-17-2-5-18(24)6-3-17/h2-11H,12-16H2,1H3,(H,25,26,27)/b11-4+. The molecule has 9 heteroatoms. The molecule has 2 heterocycles. The highest BCUT2D eigenvalue weighted by Gasteiger charge is 2.21. The van der Waals surface area contributed by atoms with Gasteiger partial charge in [0.05, 0.1) is 12.9 Å². The van der Waals surface area contributed by atoms with Crippen LogP contribution in [0.4, 0.5) is 10.1 Å². The summed E-state index contributed by atoms with van der Waals surface area (Å²) >= 11 is 1.31. The molecule has 1 fully saturated rings. The van der Waals surface area contributed by atoms with Crippen LogP contribution in [-0.2, 0) is 4.79 Å². The van der Waals surface area contributed by atoms with Gasteiger partial charge in [0.1, 0.15) is 17.4 Å². The number of methoxy groups -OCH3 is 1. The molecule has 1 aromatic heterocycles. The lowest BCUT2D eigenvalue weighted by Crippen LogP contribution is -2.49. The smallest absolute Gasteiger partial charge is 0.233 e. The predicted molar refractivity (Wildman–Crippen MR) is 124 cm³/mol. The molecular formula is C23H24FN5O2S. The van der Waals surface area contributed by atoms with Crippen LogP contribution in [0.2, 0.25) is 0 Å². The Bertz CT molecular complexity index is 1060. The van der Waals surface area contributed by atoms with Crippen LogP contribution in [0.15, 0.2) is 53.7 Å². The molecule has 2 aromatic carbocycles. The van der Waals surface area contributed by atoms with Gasteiger partial charge in [-0.3, -0.25) is 9.89 Å². The molecule has 1 N–H and O–H groups in total. The van der Waals surface area contributed by atoms with E-state index in [1.807, 2.05) is 35.2 Å². The minimum atomic E-state index is -0.271. The number of nitrogens with one attached hydrogen (secondary N) is 1. The third-order valence-corrected chi connectivity index (χ3v) is 6.01. The quantitative estimate of drug-likeness (QED) is 0.552. The van der Waals surface area contributed by atoms with Crippen molar-refractivity contribution in [3.8, 4) is 5.75 Å². The number of aromatic amines is 1. The van der Waals surface area contributed by atoms with Crippen molar-refractivity contribution in [2.75, 3.05) is 43.9 Å². The summed E-state index contributed by atoms with van der Waals surface area (Å²) in [7, 11) is 1.65. The number of hydrogen-bond donors (Lipinski definition) is 1. The van der Waals surface area contributed by atoms with Crippen molar-refractivity contribution in [3.05, 3.63) is 65.7 Å². The van der Waals surface area contributed by atoms with Gasteiger partial charge in [0.25, 0.3) is 0 Å². The average molecular weight is 454 g/mol. The molecule has 0 atom stereocenters. The second kappa shape index (κ2) is 10.3. The Kier molecular flexibility index (Phi) is 7.06. The van der Waals surface area contributed by atoms with E-state index < -0.39 is 0 Å². The number of nitrogens with zero attached hydrogens (tertiary/aromatic N) is 4. The Morgan fingerprint density at radius 2 is 1.81 bits per heavy atom. The minimum Gasteiger partial charge on any atom is -0.497 e. The van der Waals surface area contributed by atoms with Crippen molar-refractivity contribution in [1.82, 2.24) is 20.1 Å². The second-order valence-corrected chi connectivity index (χ2v) is 8.19. The lowest BCUT2D eigenvalue weighted by molar-refractivity contribution is -0.128. The van der Waals surface area contributed by atoms with E-state index in [0.717, 1.165) is 30.1 Å². The van der Waals surface area contributed by atoms with E-state index in [2.05, 4.69) is 20.1 Å². The highest BCUT2D eigenvalue weighted by molar-refractivity contribution is 7.99. The zero-order valence-corrected chi connectivity index (χ0v) is 18.5. The number of ether oxygens (including phenoxy) is 1. The fourth-order valence-electron chi connectivity index (χ4n) is 3.37. The van der Waals surface area contributed by atoms with Gasteiger partial charge in [-0.25, -0.2) is 9.37 Å². The summed E-state index contributed by atoms with van der Waals surface area (Å²) in [5, 5.41) is 7.51. The summed E-state index contributed by atoms with van der Waals surface area (Å²) < 4.78 is 18.2. The molecule has 0 aliphatic carbocycles. The lowest BCUT2D eigenvalue weighted by Gasteiger charge is -2.36. The molecule has 0 radical (unpaired) electrons. The summed E-state index contributed by atoms with van der Waals surface area (Å²) in [6.45, 7) is 2.96. The van der Waals surface area contributed by atoms with Crippen molar-refractivity contribution in [3.63, 3.8) is 0 Å². The first kappa shape index (κ1) is 21.9. The summed E-state index contributed by atoms with van der Waals surface area (Å²) in [5.41, 5.74) is 2.00. The maximum absolute atomic E-state index is 13.0. The van der Waals surface area contributed by atoms with Crippen LogP contribution in [0.25, 0.3) is 12.2 Å². The Labute approximate surface area is 190 Å². The first-order valence-corrected chi connectivity index (χ1v) is 11.2. The van der Waals surface area contributed by atoms with E-state index in [9.17, 15) is 9.18 Å². The molecule has 7 nitrogen and oxygen atoms in total. The zero-order valence-electron chi connectivity index (χ0n) is 17.7. The molecule has 4 rings (SSSR count). The number of carbonyl (C=O) groups excluding carboxylic acids is 1. The summed E-state index contributed by atoms with van der Waals surface area (Å²) in [6, 6.07) is 14.2. The molecule has 0 spiro atoms. The fourth-order valence-corrected chi connectivity index (χ4v) is 4.08. The Morgan fingerprint density at radius 3 is 2.50 bits per heavy atom. The molecule has 0 bridgehead atoms. The van der Waals surface area contributed by atoms with Crippen LogP contribution in [0.3, 0.4) is 0 Å². The van der Waals surface area contributed by atoms with Gasteiger partial charge in [0.2, 0.25) is 11.1 Å². The molecule has 1 amide bonds. The number of aromatic nitrogens is 3. The van der Waals surface area contributed by atoms with Crippen LogP contribution < -0.4 is 9.64 Å². The first-order valence-electron chi connectivity index (χ1n) is 10.3. The summed E-state index contributed by atoms with van der Waals surface area (Å²) in [5.74, 6) is 1.52. The Hall–Kier alpha value is -3.33. The number of H-pyrrole nitrogens is 1. The third kappa shape index (κ3) is 5.67. The van der Waals surface area contributed by atoms with Gasteiger partial charge in [-0.2, -0.15) is 0 Å². The molecule has 1 saturated heterocycles. The number of hydrogen-bond acceptors (Lipinski definition) is 6. The molecule has 0 unspecified atom stereocenters. The van der Waals surface area contributed by atoms with Gasteiger partial charge < -0.3 is 14.5 Å². The summed E-state index contributed by atoms with van der Waals surface area (Å²) in [4.78, 5) is 21.1. The number of halogens is 1. The SMILES string of the molecule is COc1ccc(N2CCN(C(=O)CSc3n[nH]c(/C=C/c4ccc(F)cc4)n3)CC2)cc1. The molecule has 32 heavy (non-hydrogen) atoms. The van der Waals surface area contributed by atoms with Gasteiger partial charge in [-0.1, -0.05) is 30.0 Å². The zero-order chi connectivity index (χ0) is 22.3. The maximum Gasteiger partial charge on any atom is 0.233 e. The van der Waals surface area contributed by atoms with E-state index in [1.165, 1.54) is 23.9 Å². The number of thioether (sulfide) groups is 1. The van der Waals surface area contributed by atoms with E-state index in [-0.39, 0.29) is 11.7 Å². The number of piperazine rings is 1. The normalized spacial score (nSPS) is 14.2. The molecule has 3 aromatic rings. The van der Waals surface area contributed by atoms with E-state index in [0.29, 0.717) is 29.8 Å². The highest BCUT2D eigenvalue weighted by atomic mass is 32.2. The number of amides is 1. The highest BCUT2D eigenvalue weighted by Crippen LogP contribution is 2.21. The van der Waals surface area contributed by atoms with Crippen molar-refractivity contribution in [2.24, 2.45) is 0 Å². The summed E-state index contributed by atoms with van der Waals surface area (Å²) in [6.07, 6.45) is 3.59. The second-order valence-electron chi connectivity index (χ2n) is 7.24. The van der Waals surface area contributed by atoms with Crippen molar-refractivity contribution in [2.45, 2.75) is 5.16 Å². The van der Waals surface area contributed by atoms with Gasteiger partial charge in [0, 0.05) is 31.9 Å². The van der Waals surface area contributed by atoms with Crippen LogP contribution in [0.5, 0.6) is 5.75 Å². The molecule has 0 saturated carbocycles. The van der Waals surface area contributed by atoms with Crippen molar-refractivity contribution < 1.29 is 13.9 Å². The van der Waals surface area contributed by atoms with Gasteiger partial charge in [-0.05, 0) is 48.0 Å². The number of benzene rings is 2. The van der Waals surface area contributed by atoms with Crippen LogP contribution in [0, 0.1) is 5.82 Å². The minimum absolute atomic E-state index is 0.0811. The van der Waals surface area contributed by atoms with Crippen LogP contribution in [-0.4, -0.2) is 65.0 Å². The Morgan fingerprint density at radius 1 is 1.09 bits per heavy atom. The topological polar surface area (TPSA) is 74.3 Å². The van der Waals surface area contributed by atoms with Gasteiger partial charge in [0.15, 0.2) is 0 Å². The fraction of sp³-hybridized carbons (Fsp3) is 0.261. The third-order valence-electron chi connectivity index (χ3n) is 5.18. The number of carbonyl (C=O) groups is 1. The molecule has 1 aliphatic heterocycles. The average Bonchev–Trinajstić information content (AvgIpc) is 3.30. The Balaban J connectivity index is 1.23. The largest absolute Gasteiger partial charge is 0.497 e. The van der Waals surface area contributed by atoms with Crippen LogP contribution >= 0.6 is 11.8 Å². The van der Waals surface area contributed by atoms with Crippen LogP contribution in [0.1, 0.15) is 11.4 Å². The van der Waals surface area contributed by atoms with Gasteiger partial charge >= 0.3 is 0 Å². The van der Waals surface area contributed by atoms with E-state index >= 15 is 0 Å². The number of rotatable bonds is 7. The molecule has 1 aliphatic rings. The maximum atomic E-state index is 13.0. The first-order chi connectivity index (χ1) is 15.6. The lowest BCUT2D eigenvalue weighted by atomic mass is 10.2. The predicted octanol–water partition coefficient (Wildman–Crippen LogP) is 3.56. The molecular weight excluding hydrogens is 429 g/mol. The molecule has 166 valence electrons. The van der Waals surface area contributed by atoms with Gasteiger partial charge in [-0.15, -0.1) is 5.10 Å². The monoisotopic (exact) mass is 453 g/mol. The van der Waals surface area contributed by atoms with Crippen molar-refractivity contribution >= 4 is 35.5 Å². The van der Waals surface area contributed by atoms with Crippen molar-refractivity contribution in [1.29, 1.82) is 0 Å². The number of anilines is 1.